The third-order valence-corrected chi connectivity index (χ3v) is 3.69. The van der Waals surface area contributed by atoms with Crippen molar-refractivity contribution in [2.24, 2.45) is 0 Å². The van der Waals surface area contributed by atoms with Crippen LogP contribution in [0.25, 0.3) is 11.0 Å². The lowest BCUT2D eigenvalue weighted by molar-refractivity contribution is -0.137. The van der Waals surface area contributed by atoms with E-state index in [1.54, 1.807) is 25.1 Å². The Labute approximate surface area is 138 Å². The van der Waals surface area contributed by atoms with E-state index in [0.29, 0.717) is 23.3 Å². The first kappa shape index (κ1) is 17.5. The van der Waals surface area contributed by atoms with Crippen molar-refractivity contribution in [3.05, 3.63) is 39.7 Å². The molecule has 0 bridgehead atoms. The Kier molecular flexibility index (Phi) is 5.57. The number of nitrogens with one attached hydrogen (secondary N) is 1. The molecule has 0 atom stereocenters. The molecule has 0 spiro atoms. The van der Waals surface area contributed by atoms with E-state index in [4.69, 9.17) is 14.3 Å². The Morgan fingerprint density at radius 3 is 2.71 bits per heavy atom. The minimum Gasteiger partial charge on any atom is -0.484 e. The van der Waals surface area contributed by atoms with Crippen LogP contribution < -0.4 is 15.7 Å². The Morgan fingerprint density at radius 1 is 1.25 bits per heavy atom. The van der Waals surface area contributed by atoms with E-state index < -0.39 is 11.6 Å². The first-order valence-corrected chi connectivity index (χ1v) is 7.54. The van der Waals surface area contributed by atoms with Crippen molar-refractivity contribution in [2.45, 2.75) is 26.7 Å². The van der Waals surface area contributed by atoms with E-state index in [-0.39, 0.29) is 25.5 Å². The summed E-state index contributed by atoms with van der Waals surface area (Å²) in [5.41, 5.74) is 1.43. The molecule has 0 aliphatic heterocycles. The van der Waals surface area contributed by atoms with Gasteiger partial charge in [-0.2, -0.15) is 0 Å². The van der Waals surface area contributed by atoms with Gasteiger partial charge >= 0.3 is 11.6 Å². The van der Waals surface area contributed by atoms with Crippen LogP contribution in [0, 0.1) is 13.8 Å². The van der Waals surface area contributed by atoms with E-state index in [1.165, 1.54) is 0 Å². The van der Waals surface area contributed by atoms with Gasteiger partial charge in [0.2, 0.25) is 0 Å². The number of benzene rings is 1. The minimum atomic E-state index is -0.899. The standard InChI is InChI=1S/C17H19NO6/c1-10-11(2)17(22)24-14-8-12(5-6-13(10)14)23-9-15(19)18-7-3-4-16(20)21/h5-6,8H,3-4,7,9H2,1-2H3,(H,18,19)(H,20,21). The number of carboxylic acid groups (broad SMARTS) is 1. The average molecular weight is 333 g/mol. The van der Waals surface area contributed by atoms with Crippen molar-refractivity contribution in [3.63, 3.8) is 0 Å². The number of aliphatic carboxylic acids is 1. The molecule has 2 N–H and O–H groups in total. The number of hydrogen-bond acceptors (Lipinski definition) is 5. The van der Waals surface area contributed by atoms with Crippen LogP contribution in [0.15, 0.2) is 27.4 Å². The highest BCUT2D eigenvalue weighted by Crippen LogP contribution is 2.23. The summed E-state index contributed by atoms with van der Waals surface area (Å²) in [6.45, 7) is 3.63. The molecule has 0 saturated carbocycles. The summed E-state index contributed by atoms with van der Waals surface area (Å²) in [6, 6.07) is 5.05. The lowest BCUT2D eigenvalue weighted by atomic mass is 10.1. The fraction of sp³-hybridized carbons (Fsp3) is 0.353. The summed E-state index contributed by atoms with van der Waals surface area (Å²) in [6.07, 6.45) is 0.366. The van der Waals surface area contributed by atoms with Gasteiger partial charge in [-0.1, -0.05) is 0 Å². The van der Waals surface area contributed by atoms with Crippen molar-refractivity contribution in [3.8, 4) is 5.75 Å². The molecule has 1 heterocycles. The number of carbonyl (C=O) groups excluding carboxylic acids is 1. The summed E-state index contributed by atoms with van der Waals surface area (Å²) in [7, 11) is 0. The topological polar surface area (TPSA) is 106 Å². The molecule has 0 aliphatic rings. The number of ether oxygens (including phenoxy) is 1. The number of fused-ring (bicyclic) bond motifs is 1. The SMILES string of the molecule is Cc1c(C)c2ccc(OCC(=O)NCCCC(=O)O)cc2oc1=O. The zero-order valence-corrected chi connectivity index (χ0v) is 13.5. The Hall–Kier alpha value is -2.83. The van der Waals surface area contributed by atoms with Crippen LogP contribution in [-0.2, 0) is 9.59 Å². The lowest BCUT2D eigenvalue weighted by Gasteiger charge is -2.09. The van der Waals surface area contributed by atoms with Gasteiger partial charge in [-0.15, -0.1) is 0 Å². The van der Waals surface area contributed by atoms with Crippen LogP contribution in [0.3, 0.4) is 0 Å². The zero-order valence-electron chi connectivity index (χ0n) is 13.5. The van der Waals surface area contributed by atoms with Crippen LogP contribution in [0.5, 0.6) is 5.75 Å². The van der Waals surface area contributed by atoms with Crippen LogP contribution in [0.2, 0.25) is 0 Å². The van der Waals surface area contributed by atoms with Gasteiger partial charge in [-0.3, -0.25) is 9.59 Å². The maximum absolute atomic E-state index is 11.7. The van der Waals surface area contributed by atoms with Gasteiger partial charge in [-0.05, 0) is 38.0 Å². The van der Waals surface area contributed by atoms with Gasteiger partial charge in [0.15, 0.2) is 6.61 Å². The smallest absolute Gasteiger partial charge is 0.339 e. The molecule has 0 fully saturated rings. The van der Waals surface area contributed by atoms with Gasteiger partial charge in [0.1, 0.15) is 11.3 Å². The van der Waals surface area contributed by atoms with Crippen molar-refractivity contribution in [1.82, 2.24) is 5.32 Å². The monoisotopic (exact) mass is 333 g/mol. The second-order valence-electron chi connectivity index (χ2n) is 5.43. The summed E-state index contributed by atoms with van der Waals surface area (Å²) >= 11 is 0. The van der Waals surface area contributed by atoms with Crippen LogP contribution in [-0.4, -0.2) is 30.1 Å². The number of rotatable bonds is 7. The number of amides is 1. The van der Waals surface area contributed by atoms with Crippen molar-refractivity contribution in [2.75, 3.05) is 13.2 Å². The van der Waals surface area contributed by atoms with Gasteiger partial charge in [0.05, 0.1) is 0 Å². The summed E-state index contributed by atoms with van der Waals surface area (Å²) in [5.74, 6) is -0.833. The molecular formula is C17H19NO6. The second-order valence-corrected chi connectivity index (χ2v) is 5.43. The molecule has 1 amide bonds. The maximum Gasteiger partial charge on any atom is 0.339 e. The highest BCUT2D eigenvalue weighted by atomic mass is 16.5. The van der Waals surface area contributed by atoms with Crippen molar-refractivity contribution < 1.29 is 23.8 Å². The lowest BCUT2D eigenvalue weighted by Crippen LogP contribution is -2.29. The minimum absolute atomic E-state index is 0.00358. The van der Waals surface area contributed by atoms with Crippen LogP contribution in [0.1, 0.15) is 24.0 Å². The van der Waals surface area contributed by atoms with E-state index >= 15 is 0 Å². The van der Waals surface area contributed by atoms with E-state index in [0.717, 1.165) is 10.9 Å². The molecule has 1 aromatic carbocycles. The summed E-state index contributed by atoms with van der Waals surface area (Å²) < 4.78 is 10.6. The maximum atomic E-state index is 11.7. The number of hydrogen-bond donors (Lipinski definition) is 2. The number of carbonyl (C=O) groups is 2. The van der Waals surface area contributed by atoms with Crippen molar-refractivity contribution >= 4 is 22.8 Å². The van der Waals surface area contributed by atoms with E-state index in [9.17, 15) is 14.4 Å². The molecule has 1 aromatic heterocycles. The highest BCUT2D eigenvalue weighted by Gasteiger charge is 2.09. The van der Waals surface area contributed by atoms with Gasteiger partial charge in [0, 0.05) is 30.0 Å². The second kappa shape index (κ2) is 7.63. The molecule has 2 rings (SSSR count). The molecule has 0 unspecified atom stereocenters. The summed E-state index contributed by atoms with van der Waals surface area (Å²) in [4.78, 5) is 33.7. The quantitative estimate of drug-likeness (QED) is 0.591. The average Bonchev–Trinajstić information content (AvgIpc) is 2.54. The number of carboxylic acids is 1. The normalized spacial score (nSPS) is 10.6. The molecule has 24 heavy (non-hydrogen) atoms. The predicted molar refractivity (Wildman–Crippen MR) is 87.3 cm³/mol. The predicted octanol–water partition coefficient (Wildman–Crippen LogP) is 1.77. The molecule has 0 saturated heterocycles. The Morgan fingerprint density at radius 2 is 2.00 bits per heavy atom. The van der Waals surface area contributed by atoms with Gasteiger partial charge < -0.3 is 19.6 Å². The van der Waals surface area contributed by atoms with Crippen LogP contribution in [0.4, 0.5) is 0 Å². The van der Waals surface area contributed by atoms with E-state index in [2.05, 4.69) is 5.32 Å². The molecule has 7 heteroatoms. The fourth-order valence-electron chi connectivity index (χ4n) is 2.19. The Bertz CT molecular complexity index is 824. The van der Waals surface area contributed by atoms with E-state index in [1.807, 2.05) is 6.92 Å². The molecule has 2 aromatic rings. The Balaban J connectivity index is 1.96. The largest absolute Gasteiger partial charge is 0.484 e. The first-order chi connectivity index (χ1) is 11.4. The third kappa shape index (κ3) is 4.34. The van der Waals surface area contributed by atoms with Crippen LogP contribution >= 0.6 is 0 Å². The third-order valence-electron chi connectivity index (χ3n) is 3.69. The molecular weight excluding hydrogens is 314 g/mol. The molecule has 7 nitrogen and oxygen atoms in total. The zero-order chi connectivity index (χ0) is 17.7. The van der Waals surface area contributed by atoms with Crippen molar-refractivity contribution in [1.29, 1.82) is 0 Å². The number of aryl methyl sites for hydroxylation is 1. The van der Waals surface area contributed by atoms with Gasteiger partial charge in [-0.25, -0.2) is 4.79 Å². The highest BCUT2D eigenvalue weighted by molar-refractivity contribution is 5.82. The van der Waals surface area contributed by atoms with Gasteiger partial charge in [0.25, 0.3) is 5.91 Å². The summed E-state index contributed by atoms with van der Waals surface area (Å²) in [5, 5.41) is 11.9. The molecule has 0 radical (unpaired) electrons. The first-order valence-electron chi connectivity index (χ1n) is 7.54. The fourth-order valence-corrected chi connectivity index (χ4v) is 2.19. The molecule has 128 valence electrons. The molecule has 0 aliphatic carbocycles.